The highest BCUT2D eigenvalue weighted by Gasteiger charge is 2.08. The van der Waals surface area contributed by atoms with Gasteiger partial charge < -0.3 is 4.90 Å². The molecule has 0 amide bonds. The van der Waals surface area contributed by atoms with E-state index in [0.29, 0.717) is 5.56 Å². The molecule has 0 atom stereocenters. The summed E-state index contributed by atoms with van der Waals surface area (Å²) in [6, 6.07) is 12.2. The van der Waals surface area contributed by atoms with Crippen LogP contribution in [0.4, 0.5) is 5.69 Å². The number of thiophene rings is 1. The molecule has 0 bridgehead atoms. The minimum Gasteiger partial charge on any atom is -0.367 e. The second-order valence-electron chi connectivity index (χ2n) is 3.87. The first-order valence-corrected chi connectivity index (χ1v) is 7.39. The monoisotopic (exact) mass is 320 g/mol. The molecule has 92 valence electrons. The van der Waals surface area contributed by atoms with Gasteiger partial charge in [-0.15, -0.1) is 11.3 Å². The van der Waals surface area contributed by atoms with Crippen LogP contribution in [0.1, 0.15) is 17.4 Å². The van der Waals surface area contributed by atoms with Crippen molar-refractivity contribution in [3.05, 3.63) is 50.6 Å². The van der Waals surface area contributed by atoms with Crippen LogP contribution in [-0.4, -0.2) is 6.54 Å². The predicted octanol–water partition coefficient (Wildman–Crippen LogP) is 4.41. The zero-order chi connectivity index (χ0) is 13.0. The zero-order valence-electron chi connectivity index (χ0n) is 10.1. The van der Waals surface area contributed by atoms with Crippen molar-refractivity contribution in [3.8, 4) is 6.07 Å². The molecule has 0 radical (unpaired) electrons. The van der Waals surface area contributed by atoms with Crippen LogP contribution in [0.3, 0.4) is 0 Å². The number of nitriles is 1. The molecule has 4 heteroatoms. The van der Waals surface area contributed by atoms with Crippen LogP contribution in [0.5, 0.6) is 0 Å². The van der Waals surface area contributed by atoms with E-state index >= 15 is 0 Å². The summed E-state index contributed by atoms with van der Waals surface area (Å²) in [6.45, 7) is 3.99. The number of hydrogen-bond donors (Lipinski definition) is 0. The second-order valence-corrected chi connectivity index (χ2v) is 5.76. The second kappa shape index (κ2) is 6.03. The van der Waals surface area contributed by atoms with Crippen molar-refractivity contribution < 1.29 is 0 Å². The van der Waals surface area contributed by atoms with Crippen LogP contribution in [0.2, 0.25) is 0 Å². The first-order valence-electron chi connectivity index (χ1n) is 5.71. The number of halogens is 1. The van der Waals surface area contributed by atoms with Gasteiger partial charge in [0.1, 0.15) is 6.07 Å². The van der Waals surface area contributed by atoms with Gasteiger partial charge in [-0.3, -0.25) is 0 Å². The molecule has 0 fully saturated rings. The summed E-state index contributed by atoms with van der Waals surface area (Å²) < 4.78 is 0.854. The van der Waals surface area contributed by atoms with Gasteiger partial charge in [0.05, 0.1) is 12.1 Å². The number of hydrogen-bond acceptors (Lipinski definition) is 3. The van der Waals surface area contributed by atoms with Crippen molar-refractivity contribution in [1.29, 1.82) is 5.26 Å². The molecule has 0 aliphatic heterocycles. The standard InChI is InChI=1S/C14H13BrN2S/c1-2-17(10-13-4-3-7-18-13)12-6-5-11(9-16)14(15)8-12/h3-8H,2,10H2,1H3. The number of anilines is 1. The van der Waals surface area contributed by atoms with Crippen LogP contribution < -0.4 is 4.90 Å². The van der Waals surface area contributed by atoms with Crippen molar-refractivity contribution in [3.63, 3.8) is 0 Å². The summed E-state index contributed by atoms with van der Waals surface area (Å²) >= 11 is 5.20. The Morgan fingerprint density at radius 2 is 2.22 bits per heavy atom. The third-order valence-corrected chi connectivity index (χ3v) is 4.26. The molecule has 0 unspecified atom stereocenters. The molecule has 0 N–H and O–H groups in total. The molecule has 1 aromatic heterocycles. The normalized spacial score (nSPS) is 10.1. The molecular weight excluding hydrogens is 308 g/mol. The summed E-state index contributed by atoms with van der Waals surface area (Å²) in [5, 5.41) is 11.0. The number of rotatable bonds is 4. The fraction of sp³-hybridized carbons (Fsp3) is 0.214. The van der Waals surface area contributed by atoms with E-state index in [2.05, 4.69) is 51.3 Å². The molecule has 1 heterocycles. The van der Waals surface area contributed by atoms with E-state index in [1.165, 1.54) is 4.88 Å². The Balaban J connectivity index is 2.23. The third kappa shape index (κ3) is 2.92. The van der Waals surface area contributed by atoms with Gasteiger partial charge >= 0.3 is 0 Å². The SMILES string of the molecule is CCN(Cc1cccs1)c1ccc(C#N)c(Br)c1. The summed E-state index contributed by atoms with van der Waals surface area (Å²) in [5.41, 5.74) is 1.81. The summed E-state index contributed by atoms with van der Waals surface area (Å²) in [6.07, 6.45) is 0. The lowest BCUT2D eigenvalue weighted by Crippen LogP contribution is -2.21. The highest BCUT2D eigenvalue weighted by Crippen LogP contribution is 2.25. The zero-order valence-corrected chi connectivity index (χ0v) is 12.5. The molecule has 0 aliphatic rings. The van der Waals surface area contributed by atoms with E-state index in [-0.39, 0.29) is 0 Å². The van der Waals surface area contributed by atoms with Gasteiger partial charge in [-0.1, -0.05) is 6.07 Å². The lowest BCUT2D eigenvalue weighted by atomic mass is 10.2. The number of nitrogens with zero attached hydrogens (tertiary/aromatic N) is 2. The Bertz CT molecular complexity index is 558. The molecule has 2 rings (SSSR count). The van der Waals surface area contributed by atoms with Gasteiger partial charge in [0.25, 0.3) is 0 Å². The van der Waals surface area contributed by atoms with Gasteiger partial charge in [-0.05, 0) is 52.5 Å². The Morgan fingerprint density at radius 1 is 1.39 bits per heavy atom. The smallest absolute Gasteiger partial charge is 0.100 e. The minimum absolute atomic E-state index is 0.672. The maximum atomic E-state index is 8.92. The van der Waals surface area contributed by atoms with Crippen molar-refractivity contribution in [2.24, 2.45) is 0 Å². The van der Waals surface area contributed by atoms with Gasteiger partial charge in [-0.2, -0.15) is 5.26 Å². The van der Waals surface area contributed by atoms with Gasteiger partial charge in [0.15, 0.2) is 0 Å². The van der Waals surface area contributed by atoms with Crippen LogP contribution in [0, 0.1) is 11.3 Å². The fourth-order valence-electron chi connectivity index (χ4n) is 1.77. The summed E-state index contributed by atoms with van der Waals surface area (Å²) in [7, 11) is 0. The van der Waals surface area contributed by atoms with Gasteiger partial charge in [0.2, 0.25) is 0 Å². The first kappa shape index (κ1) is 13.1. The maximum absolute atomic E-state index is 8.92. The Kier molecular flexibility index (Phi) is 4.40. The largest absolute Gasteiger partial charge is 0.367 e. The van der Waals surface area contributed by atoms with Crippen LogP contribution >= 0.6 is 27.3 Å². The predicted molar refractivity (Wildman–Crippen MR) is 79.9 cm³/mol. The van der Waals surface area contributed by atoms with Crippen LogP contribution in [-0.2, 0) is 6.54 Å². The van der Waals surface area contributed by atoms with E-state index in [9.17, 15) is 0 Å². The summed E-state index contributed by atoms with van der Waals surface area (Å²) in [5.74, 6) is 0. The molecule has 2 aromatic rings. The average molecular weight is 321 g/mol. The quantitative estimate of drug-likeness (QED) is 0.834. The molecule has 0 aliphatic carbocycles. The molecule has 0 saturated carbocycles. The first-order chi connectivity index (χ1) is 8.74. The lowest BCUT2D eigenvalue weighted by Gasteiger charge is -2.22. The Morgan fingerprint density at radius 3 is 2.78 bits per heavy atom. The van der Waals surface area contributed by atoms with Crippen molar-refractivity contribution in [2.75, 3.05) is 11.4 Å². The van der Waals surface area contributed by atoms with E-state index in [4.69, 9.17) is 5.26 Å². The van der Waals surface area contributed by atoms with Gasteiger partial charge in [0, 0.05) is 21.6 Å². The Hall–Kier alpha value is -1.31. The molecule has 2 nitrogen and oxygen atoms in total. The van der Waals surface area contributed by atoms with E-state index in [1.807, 2.05) is 18.2 Å². The minimum atomic E-state index is 0.672. The van der Waals surface area contributed by atoms with Crippen molar-refractivity contribution >= 4 is 33.0 Å². The van der Waals surface area contributed by atoms with E-state index < -0.39 is 0 Å². The summed E-state index contributed by atoms with van der Waals surface area (Å²) in [4.78, 5) is 3.63. The average Bonchev–Trinajstić information content (AvgIpc) is 2.88. The molecule has 0 saturated heterocycles. The third-order valence-electron chi connectivity index (χ3n) is 2.75. The topological polar surface area (TPSA) is 27.0 Å². The molecule has 1 aromatic carbocycles. The van der Waals surface area contributed by atoms with E-state index in [0.717, 1.165) is 23.2 Å². The molecule has 0 spiro atoms. The number of benzene rings is 1. The van der Waals surface area contributed by atoms with Crippen molar-refractivity contribution in [2.45, 2.75) is 13.5 Å². The highest BCUT2D eigenvalue weighted by atomic mass is 79.9. The van der Waals surface area contributed by atoms with Crippen molar-refractivity contribution in [1.82, 2.24) is 0 Å². The van der Waals surface area contributed by atoms with Crippen LogP contribution in [0.25, 0.3) is 0 Å². The fourth-order valence-corrected chi connectivity index (χ4v) is 2.94. The molecule has 18 heavy (non-hydrogen) atoms. The lowest BCUT2D eigenvalue weighted by molar-refractivity contribution is 0.842. The Labute approximate surface area is 120 Å². The maximum Gasteiger partial charge on any atom is 0.100 e. The van der Waals surface area contributed by atoms with E-state index in [1.54, 1.807) is 11.3 Å². The van der Waals surface area contributed by atoms with Crippen LogP contribution in [0.15, 0.2) is 40.2 Å². The molecular formula is C14H13BrN2S. The van der Waals surface area contributed by atoms with Gasteiger partial charge in [-0.25, -0.2) is 0 Å². The highest BCUT2D eigenvalue weighted by molar-refractivity contribution is 9.10.